The van der Waals surface area contributed by atoms with E-state index in [1.807, 2.05) is 48.5 Å². The molecule has 0 heterocycles. The molecular weight excluding hydrogens is 503 g/mol. The highest BCUT2D eigenvalue weighted by Gasteiger charge is 2.15. The average Bonchev–Trinajstić information content (AvgIpc) is 3.03. The monoisotopic (exact) mass is 534 g/mol. The molecule has 0 unspecified atom stereocenters. The zero-order chi connectivity index (χ0) is 28.0. The number of nitrogens with zero attached hydrogens (tertiary/aromatic N) is 2. The molecule has 2 nitrogen and oxygen atoms in total. The van der Waals surface area contributed by atoms with E-state index in [-0.39, 0.29) is 0 Å². The van der Waals surface area contributed by atoms with Crippen LogP contribution in [-0.4, -0.2) is 0 Å². The summed E-state index contributed by atoms with van der Waals surface area (Å²) in [5.74, 6) is 0. The topological polar surface area (TPSA) is 6.48 Å². The largest absolute Gasteiger partial charge is 0.310 e. The van der Waals surface area contributed by atoms with Gasteiger partial charge in [0, 0.05) is 34.1 Å². The van der Waals surface area contributed by atoms with Gasteiger partial charge in [-0.3, -0.25) is 0 Å². The highest BCUT2D eigenvalue weighted by molar-refractivity contribution is 5.80. The number of hydrogen-bond acceptors (Lipinski definition) is 2. The Morgan fingerprint density at radius 2 is 0.829 bits per heavy atom. The fourth-order valence-corrected chi connectivity index (χ4v) is 5.20. The lowest BCUT2D eigenvalue weighted by Gasteiger charge is -2.26. The highest BCUT2D eigenvalue weighted by atomic mass is 19.1. The summed E-state index contributed by atoms with van der Waals surface area (Å²) in [6.45, 7) is 1.63. The first-order chi connectivity index (χ1) is 20.2. The predicted octanol–water partition coefficient (Wildman–Crippen LogP) is 11.1. The summed E-state index contributed by atoms with van der Waals surface area (Å²) >= 11 is 0. The van der Waals surface area contributed by atoms with E-state index < -0.39 is 6.67 Å². The molecule has 6 aromatic carbocycles. The number of aryl methyl sites for hydroxylation is 1. The van der Waals surface area contributed by atoms with E-state index in [0.29, 0.717) is 5.56 Å². The van der Waals surface area contributed by atoms with Crippen LogP contribution in [0.1, 0.15) is 11.1 Å². The van der Waals surface area contributed by atoms with Crippen LogP contribution in [-0.2, 0) is 6.67 Å². The van der Waals surface area contributed by atoms with Gasteiger partial charge in [-0.25, -0.2) is 4.39 Å². The predicted molar refractivity (Wildman–Crippen MR) is 171 cm³/mol. The van der Waals surface area contributed by atoms with Crippen molar-refractivity contribution in [3.05, 3.63) is 169 Å². The first-order valence-electron chi connectivity index (χ1n) is 13.8. The molecule has 0 saturated carbocycles. The van der Waals surface area contributed by atoms with Crippen LogP contribution >= 0.6 is 0 Å². The lowest BCUT2D eigenvalue weighted by atomic mass is 10.0. The molecular formula is C38H31FN2. The molecule has 0 aliphatic heterocycles. The van der Waals surface area contributed by atoms with Gasteiger partial charge >= 0.3 is 0 Å². The lowest BCUT2D eigenvalue weighted by Crippen LogP contribution is -2.10. The van der Waals surface area contributed by atoms with E-state index in [1.54, 1.807) is 0 Å². The zero-order valence-corrected chi connectivity index (χ0v) is 23.0. The van der Waals surface area contributed by atoms with Crippen molar-refractivity contribution in [3.8, 4) is 11.1 Å². The molecule has 0 N–H and O–H groups in total. The van der Waals surface area contributed by atoms with E-state index in [9.17, 15) is 4.39 Å². The van der Waals surface area contributed by atoms with Crippen molar-refractivity contribution < 1.29 is 4.39 Å². The Hall–Kier alpha value is -5.15. The number of hydrogen-bond donors (Lipinski definition) is 0. The van der Waals surface area contributed by atoms with Gasteiger partial charge in [-0.2, -0.15) is 0 Å². The van der Waals surface area contributed by atoms with Gasteiger partial charge in [0.1, 0.15) is 6.67 Å². The fraction of sp³-hybridized carbons (Fsp3) is 0.0526. The highest BCUT2D eigenvalue weighted by Crippen LogP contribution is 2.38. The number of anilines is 6. The second-order valence-corrected chi connectivity index (χ2v) is 10.1. The van der Waals surface area contributed by atoms with Gasteiger partial charge in [-0.1, -0.05) is 84.9 Å². The number of rotatable bonds is 8. The van der Waals surface area contributed by atoms with Crippen LogP contribution in [0.4, 0.5) is 38.5 Å². The van der Waals surface area contributed by atoms with E-state index in [4.69, 9.17) is 0 Å². The second kappa shape index (κ2) is 11.9. The Bertz CT molecular complexity index is 1710. The van der Waals surface area contributed by atoms with Crippen molar-refractivity contribution in [2.45, 2.75) is 13.6 Å². The van der Waals surface area contributed by atoms with E-state index >= 15 is 0 Å². The minimum atomic E-state index is -0.489. The molecule has 200 valence electrons. The SMILES string of the molecule is Cc1cccc(N(c2ccccc2)c2ccc(-c3ccc(N(c4ccccc4)c4cccc(CF)c4)cc3)cc2)c1. The number of para-hydroxylation sites is 2. The van der Waals surface area contributed by atoms with Gasteiger partial charge < -0.3 is 9.80 Å². The molecule has 6 rings (SSSR count). The van der Waals surface area contributed by atoms with E-state index in [2.05, 4.69) is 126 Å². The average molecular weight is 535 g/mol. The van der Waals surface area contributed by atoms with E-state index in [1.165, 1.54) is 5.56 Å². The first kappa shape index (κ1) is 26.1. The Balaban J connectivity index is 1.32. The second-order valence-electron chi connectivity index (χ2n) is 10.1. The van der Waals surface area contributed by atoms with Crippen LogP contribution in [0.3, 0.4) is 0 Å². The smallest absolute Gasteiger partial charge is 0.115 e. The third-order valence-corrected chi connectivity index (χ3v) is 7.20. The maximum absolute atomic E-state index is 13.5. The third-order valence-electron chi connectivity index (χ3n) is 7.20. The Morgan fingerprint density at radius 3 is 1.29 bits per heavy atom. The van der Waals surface area contributed by atoms with Crippen LogP contribution < -0.4 is 9.80 Å². The van der Waals surface area contributed by atoms with Crippen molar-refractivity contribution >= 4 is 34.1 Å². The van der Waals surface area contributed by atoms with Crippen molar-refractivity contribution in [1.82, 2.24) is 0 Å². The van der Waals surface area contributed by atoms with Crippen molar-refractivity contribution in [1.29, 1.82) is 0 Å². The molecule has 0 fully saturated rings. The van der Waals surface area contributed by atoms with Crippen molar-refractivity contribution in [3.63, 3.8) is 0 Å². The number of benzene rings is 6. The molecule has 6 aromatic rings. The number of alkyl halides is 1. The Morgan fingerprint density at radius 1 is 0.415 bits per heavy atom. The number of halogens is 1. The van der Waals surface area contributed by atoms with Gasteiger partial charge in [0.05, 0.1) is 0 Å². The summed E-state index contributed by atoms with van der Waals surface area (Å²) in [5.41, 5.74) is 10.5. The quantitative estimate of drug-likeness (QED) is 0.192. The molecule has 0 aliphatic carbocycles. The summed E-state index contributed by atoms with van der Waals surface area (Å²) in [4.78, 5) is 4.44. The molecule has 41 heavy (non-hydrogen) atoms. The van der Waals surface area contributed by atoms with Gasteiger partial charge in [0.2, 0.25) is 0 Å². The summed E-state index contributed by atoms with van der Waals surface area (Å²) in [6, 6.07) is 54.1. The molecule has 0 bridgehead atoms. The van der Waals surface area contributed by atoms with Crippen LogP contribution in [0.15, 0.2) is 158 Å². The molecule has 0 spiro atoms. The molecule has 0 aliphatic rings. The Labute approximate surface area is 241 Å². The Kier molecular flexibility index (Phi) is 7.59. The third kappa shape index (κ3) is 5.75. The molecule has 0 atom stereocenters. The minimum absolute atomic E-state index is 0.489. The summed E-state index contributed by atoms with van der Waals surface area (Å²) in [6.07, 6.45) is 0. The molecule has 0 saturated heterocycles. The van der Waals surface area contributed by atoms with Gasteiger partial charge in [-0.05, 0) is 102 Å². The van der Waals surface area contributed by atoms with E-state index in [0.717, 1.165) is 45.3 Å². The standard InChI is InChI=1S/C38H31FN2/c1-29-10-8-16-37(26-29)40(33-12-4-2-5-13-33)35-22-18-31(19-23-35)32-20-24-36(25-21-32)41(34-14-6-3-7-15-34)38-17-9-11-30(27-38)28-39/h2-27H,28H2,1H3. The first-order valence-corrected chi connectivity index (χ1v) is 13.8. The van der Waals surface area contributed by atoms with Gasteiger partial charge in [0.15, 0.2) is 0 Å². The molecule has 0 radical (unpaired) electrons. The normalized spacial score (nSPS) is 10.8. The maximum atomic E-state index is 13.5. The molecule has 0 amide bonds. The summed E-state index contributed by atoms with van der Waals surface area (Å²) in [7, 11) is 0. The molecule has 3 heteroatoms. The van der Waals surface area contributed by atoms with Gasteiger partial charge in [-0.15, -0.1) is 0 Å². The lowest BCUT2D eigenvalue weighted by molar-refractivity contribution is 0.485. The minimum Gasteiger partial charge on any atom is -0.310 e. The van der Waals surface area contributed by atoms with Crippen molar-refractivity contribution in [2.75, 3.05) is 9.80 Å². The van der Waals surface area contributed by atoms with Crippen LogP contribution in [0, 0.1) is 6.92 Å². The summed E-state index contributed by atoms with van der Waals surface area (Å²) in [5, 5.41) is 0. The van der Waals surface area contributed by atoms with Crippen LogP contribution in [0.25, 0.3) is 11.1 Å². The molecule has 0 aromatic heterocycles. The summed E-state index contributed by atoms with van der Waals surface area (Å²) < 4.78 is 13.5. The van der Waals surface area contributed by atoms with Crippen LogP contribution in [0.5, 0.6) is 0 Å². The maximum Gasteiger partial charge on any atom is 0.115 e. The van der Waals surface area contributed by atoms with Gasteiger partial charge in [0.25, 0.3) is 0 Å². The zero-order valence-electron chi connectivity index (χ0n) is 23.0. The van der Waals surface area contributed by atoms with Crippen molar-refractivity contribution in [2.24, 2.45) is 0 Å². The fourth-order valence-electron chi connectivity index (χ4n) is 5.20. The van der Waals surface area contributed by atoms with Crippen LogP contribution in [0.2, 0.25) is 0 Å².